The third kappa shape index (κ3) is 4.73. The molecule has 0 fully saturated rings. The van der Waals surface area contributed by atoms with Gasteiger partial charge in [-0.15, -0.1) is 0 Å². The zero-order chi connectivity index (χ0) is 16.7. The molecule has 23 heavy (non-hydrogen) atoms. The number of hydrogen-bond donors (Lipinski definition) is 1. The first-order valence-corrected chi connectivity index (χ1v) is 8.18. The van der Waals surface area contributed by atoms with Gasteiger partial charge in [-0.05, 0) is 49.3 Å². The standard InChI is InChI=1S/C20H27NO2/c1-15(21)14-18-13-12-17(19(22-2)20(18)23-3)11-7-10-16-8-5-4-6-9-16/h4-6,8-9,12-13,15H,7,10-11,14,21H2,1-3H3/t15-/m1/s1. The minimum Gasteiger partial charge on any atom is -0.493 e. The zero-order valence-corrected chi connectivity index (χ0v) is 14.3. The minimum absolute atomic E-state index is 0.0949. The Balaban J connectivity index is 2.12. The summed E-state index contributed by atoms with van der Waals surface area (Å²) in [6.07, 6.45) is 3.89. The highest BCUT2D eigenvalue weighted by molar-refractivity contribution is 5.52. The first-order chi connectivity index (χ1) is 11.2. The SMILES string of the molecule is COc1c(CCCc2ccccc2)ccc(C[C@@H](C)N)c1OC. The van der Waals surface area contributed by atoms with Crippen molar-refractivity contribution in [2.45, 2.75) is 38.6 Å². The van der Waals surface area contributed by atoms with Crippen LogP contribution in [0.15, 0.2) is 42.5 Å². The molecule has 2 rings (SSSR count). The Morgan fingerprint density at radius 3 is 2.09 bits per heavy atom. The molecule has 0 saturated carbocycles. The molecule has 2 aromatic rings. The first kappa shape index (κ1) is 17.4. The highest BCUT2D eigenvalue weighted by Crippen LogP contribution is 2.36. The molecule has 0 aliphatic heterocycles. The maximum absolute atomic E-state index is 5.93. The minimum atomic E-state index is 0.0949. The number of benzene rings is 2. The molecule has 0 bridgehead atoms. The molecule has 3 nitrogen and oxygen atoms in total. The van der Waals surface area contributed by atoms with Gasteiger partial charge in [0.2, 0.25) is 0 Å². The Morgan fingerprint density at radius 2 is 1.48 bits per heavy atom. The van der Waals surface area contributed by atoms with E-state index in [-0.39, 0.29) is 6.04 Å². The smallest absolute Gasteiger partial charge is 0.164 e. The highest BCUT2D eigenvalue weighted by atomic mass is 16.5. The van der Waals surface area contributed by atoms with Crippen molar-refractivity contribution in [2.24, 2.45) is 5.73 Å². The zero-order valence-electron chi connectivity index (χ0n) is 14.3. The lowest BCUT2D eigenvalue weighted by atomic mass is 9.99. The van der Waals surface area contributed by atoms with Crippen molar-refractivity contribution in [2.75, 3.05) is 14.2 Å². The van der Waals surface area contributed by atoms with E-state index in [1.54, 1.807) is 14.2 Å². The summed E-state index contributed by atoms with van der Waals surface area (Å²) in [6, 6.07) is 14.9. The third-order valence-electron chi connectivity index (χ3n) is 3.98. The van der Waals surface area contributed by atoms with Crippen LogP contribution in [0.2, 0.25) is 0 Å². The van der Waals surface area contributed by atoms with E-state index in [1.165, 1.54) is 11.1 Å². The molecular formula is C20H27NO2. The third-order valence-corrected chi connectivity index (χ3v) is 3.98. The predicted molar refractivity (Wildman–Crippen MR) is 95.4 cm³/mol. The van der Waals surface area contributed by atoms with Crippen molar-refractivity contribution in [1.29, 1.82) is 0 Å². The van der Waals surface area contributed by atoms with Gasteiger partial charge in [-0.25, -0.2) is 0 Å². The summed E-state index contributed by atoms with van der Waals surface area (Å²) in [5.41, 5.74) is 9.58. The second-order valence-corrected chi connectivity index (χ2v) is 5.97. The lowest BCUT2D eigenvalue weighted by molar-refractivity contribution is 0.347. The number of methoxy groups -OCH3 is 2. The fraction of sp³-hybridized carbons (Fsp3) is 0.400. The molecule has 0 radical (unpaired) electrons. The summed E-state index contributed by atoms with van der Waals surface area (Å²) in [6.45, 7) is 2.00. The molecule has 0 heterocycles. The van der Waals surface area contributed by atoms with Gasteiger partial charge in [0.1, 0.15) is 0 Å². The average Bonchev–Trinajstić information content (AvgIpc) is 2.56. The summed E-state index contributed by atoms with van der Waals surface area (Å²) in [5, 5.41) is 0. The van der Waals surface area contributed by atoms with Crippen molar-refractivity contribution < 1.29 is 9.47 Å². The van der Waals surface area contributed by atoms with Gasteiger partial charge in [0, 0.05) is 6.04 Å². The van der Waals surface area contributed by atoms with Crippen LogP contribution in [0.1, 0.15) is 30.0 Å². The molecular weight excluding hydrogens is 286 g/mol. The van der Waals surface area contributed by atoms with Crippen molar-refractivity contribution in [3.63, 3.8) is 0 Å². The summed E-state index contributed by atoms with van der Waals surface area (Å²) >= 11 is 0. The van der Waals surface area contributed by atoms with Crippen LogP contribution in [0.25, 0.3) is 0 Å². The highest BCUT2D eigenvalue weighted by Gasteiger charge is 2.15. The fourth-order valence-electron chi connectivity index (χ4n) is 2.92. The molecule has 0 aliphatic rings. The van der Waals surface area contributed by atoms with Crippen molar-refractivity contribution >= 4 is 0 Å². The summed E-state index contributed by atoms with van der Waals surface area (Å²) < 4.78 is 11.2. The van der Waals surface area contributed by atoms with E-state index in [4.69, 9.17) is 15.2 Å². The van der Waals surface area contributed by atoms with Crippen LogP contribution < -0.4 is 15.2 Å². The number of aryl methyl sites for hydroxylation is 2. The number of rotatable bonds is 8. The molecule has 0 aromatic heterocycles. The van der Waals surface area contributed by atoms with Crippen LogP contribution in [0, 0.1) is 0 Å². The predicted octanol–water partition coefficient (Wildman–Crippen LogP) is 3.77. The number of hydrogen-bond acceptors (Lipinski definition) is 3. The molecule has 0 spiro atoms. The van der Waals surface area contributed by atoms with Crippen molar-refractivity contribution in [3.8, 4) is 11.5 Å². The Hall–Kier alpha value is -2.00. The molecule has 0 saturated heterocycles. The maximum atomic E-state index is 5.93. The van der Waals surface area contributed by atoms with E-state index in [0.717, 1.165) is 42.7 Å². The Kier molecular flexibility index (Phi) is 6.48. The maximum Gasteiger partial charge on any atom is 0.164 e. The average molecular weight is 313 g/mol. The lowest BCUT2D eigenvalue weighted by Gasteiger charge is -2.17. The lowest BCUT2D eigenvalue weighted by Crippen LogP contribution is -2.18. The first-order valence-electron chi connectivity index (χ1n) is 8.18. The number of nitrogens with two attached hydrogens (primary N) is 1. The summed E-state index contributed by atoms with van der Waals surface area (Å²) in [7, 11) is 3.39. The van der Waals surface area contributed by atoms with E-state index in [0.29, 0.717) is 0 Å². The van der Waals surface area contributed by atoms with Crippen LogP contribution >= 0.6 is 0 Å². The van der Waals surface area contributed by atoms with E-state index in [1.807, 2.05) is 6.92 Å². The van der Waals surface area contributed by atoms with E-state index >= 15 is 0 Å². The van der Waals surface area contributed by atoms with Gasteiger partial charge in [-0.1, -0.05) is 42.5 Å². The fourth-order valence-corrected chi connectivity index (χ4v) is 2.92. The van der Waals surface area contributed by atoms with Crippen molar-refractivity contribution in [3.05, 3.63) is 59.2 Å². The monoisotopic (exact) mass is 313 g/mol. The topological polar surface area (TPSA) is 44.5 Å². The van der Waals surface area contributed by atoms with Crippen LogP contribution in [-0.2, 0) is 19.3 Å². The van der Waals surface area contributed by atoms with Crippen LogP contribution in [-0.4, -0.2) is 20.3 Å². The second kappa shape index (κ2) is 8.59. The summed E-state index contributed by atoms with van der Waals surface area (Å²) in [4.78, 5) is 0. The second-order valence-electron chi connectivity index (χ2n) is 5.97. The van der Waals surface area contributed by atoms with Gasteiger partial charge in [0.25, 0.3) is 0 Å². The van der Waals surface area contributed by atoms with Crippen LogP contribution in [0.4, 0.5) is 0 Å². The molecule has 1 atom stereocenters. The van der Waals surface area contributed by atoms with Crippen LogP contribution in [0.3, 0.4) is 0 Å². The molecule has 3 heteroatoms. The van der Waals surface area contributed by atoms with Gasteiger partial charge >= 0.3 is 0 Å². The quantitative estimate of drug-likeness (QED) is 0.807. The molecule has 0 unspecified atom stereocenters. The van der Waals surface area contributed by atoms with Crippen molar-refractivity contribution in [1.82, 2.24) is 0 Å². The Labute approximate surface area is 139 Å². The molecule has 0 amide bonds. The largest absolute Gasteiger partial charge is 0.493 e. The van der Waals surface area contributed by atoms with Crippen LogP contribution in [0.5, 0.6) is 11.5 Å². The molecule has 2 aromatic carbocycles. The van der Waals surface area contributed by atoms with Gasteiger partial charge in [-0.2, -0.15) is 0 Å². The Bertz CT molecular complexity index is 609. The normalized spacial score (nSPS) is 12.0. The molecule has 2 N–H and O–H groups in total. The van der Waals surface area contributed by atoms with E-state index in [9.17, 15) is 0 Å². The Morgan fingerprint density at radius 1 is 0.870 bits per heavy atom. The molecule has 0 aliphatic carbocycles. The number of ether oxygens (including phenoxy) is 2. The van der Waals surface area contributed by atoms with Gasteiger partial charge in [-0.3, -0.25) is 0 Å². The van der Waals surface area contributed by atoms with E-state index in [2.05, 4.69) is 42.5 Å². The van der Waals surface area contributed by atoms with Gasteiger partial charge in [0.05, 0.1) is 14.2 Å². The summed E-state index contributed by atoms with van der Waals surface area (Å²) in [5.74, 6) is 1.67. The van der Waals surface area contributed by atoms with Gasteiger partial charge in [0.15, 0.2) is 11.5 Å². The van der Waals surface area contributed by atoms with E-state index < -0.39 is 0 Å². The van der Waals surface area contributed by atoms with Gasteiger partial charge < -0.3 is 15.2 Å². The molecule has 124 valence electrons.